The normalized spacial score (nSPS) is 21.7. The Morgan fingerprint density at radius 3 is 2.60 bits per heavy atom. The molecular weight excluding hydrogens is 376 g/mol. The van der Waals surface area contributed by atoms with Gasteiger partial charge in [0.2, 0.25) is 11.8 Å². The van der Waals surface area contributed by atoms with Crippen LogP contribution in [0.5, 0.6) is 0 Å². The molecule has 0 radical (unpaired) electrons. The van der Waals surface area contributed by atoms with Crippen molar-refractivity contribution in [2.75, 3.05) is 13.1 Å². The average Bonchev–Trinajstić information content (AvgIpc) is 3.22. The average molecular weight is 411 g/mol. The van der Waals surface area contributed by atoms with Crippen molar-refractivity contribution in [1.82, 2.24) is 20.2 Å². The predicted molar refractivity (Wildman–Crippen MR) is 118 cm³/mol. The van der Waals surface area contributed by atoms with Crippen molar-refractivity contribution in [3.63, 3.8) is 0 Å². The number of para-hydroxylation sites is 2. The van der Waals surface area contributed by atoms with Crippen LogP contribution in [0.25, 0.3) is 11.0 Å². The van der Waals surface area contributed by atoms with Crippen molar-refractivity contribution in [3.8, 4) is 0 Å². The molecule has 1 aromatic carbocycles. The van der Waals surface area contributed by atoms with Gasteiger partial charge >= 0.3 is 0 Å². The molecule has 1 aliphatic heterocycles. The fourth-order valence-electron chi connectivity index (χ4n) is 4.91. The van der Waals surface area contributed by atoms with Crippen molar-refractivity contribution in [2.45, 2.75) is 70.8 Å². The topological polar surface area (TPSA) is 78.1 Å². The molecule has 2 amide bonds. The third kappa shape index (κ3) is 4.52. The maximum absolute atomic E-state index is 13.4. The number of benzene rings is 1. The second kappa shape index (κ2) is 9.19. The Morgan fingerprint density at radius 1 is 1.10 bits per heavy atom. The van der Waals surface area contributed by atoms with Gasteiger partial charge in [0, 0.05) is 24.9 Å². The lowest BCUT2D eigenvalue weighted by atomic mass is 9.88. The van der Waals surface area contributed by atoms with Crippen LogP contribution < -0.4 is 5.32 Å². The third-order valence-corrected chi connectivity index (χ3v) is 6.73. The first-order valence-electron chi connectivity index (χ1n) is 11.6. The van der Waals surface area contributed by atoms with Crippen molar-refractivity contribution >= 4 is 22.8 Å². The summed E-state index contributed by atoms with van der Waals surface area (Å²) in [6.07, 6.45) is 7.31. The minimum atomic E-state index is -0.450. The Balaban J connectivity index is 1.44. The molecule has 6 nitrogen and oxygen atoms in total. The highest BCUT2D eigenvalue weighted by Gasteiger charge is 2.34. The van der Waals surface area contributed by atoms with Crippen LogP contribution in [-0.4, -0.2) is 45.8 Å². The molecule has 2 atom stereocenters. The van der Waals surface area contributed by atoms with E-state index < -0.39 is 6.04 Å². The molecule has 1 aromatic heterocycles. The number of hydrogen-bond acceptors (Lipinski definition) is 3. The van der Waals surface area contributed by atoms with Crippen LogP contribution in [0.15, 0.2) is 24.3 Å². The van der Waals surface area contributed by atoms with E-state index in [-0.39, 0.29) is 29.6 Å². The summed E-state index contributed by atoms with van der Waals surface area (Å²) in [5.41, 5.74) is 2.01. The number of carbonyl (C=O) groups excluding carboxylic acids is 2. The fraction of sp³-hybridized carbons (Fsp3) is 0.625. The largest absolute Gasteiger partial charge is 0.344 e. The number of nitrogens with one attached hydrogen (secondary N) is 2. The van der Waals surface area contributed by atoms with Gasteiger partial charge in [0.15, 0.2) is 0 Å². The number of aromatic amines is 1. The van der Waals surface area contributed by atoms with Crippen LogP contribution in [0.4, 0.5) is 0 Å². The van der Waals surface area contributed by atoms with Crippen molar-refractivity contribution in [2.24, 2.45) is 11.8 Å². The Bertz CT molecular complexity index is 851. The van der Waals surface area contributed by atoms with Gasteiger partial charge in [0.05, 0.1) is 11.0 Å². The molecule has 1 saturated carbocycles. The monoisotopic (exact) mass is 410 g/mol. The Labute approximate surface area is 178 Å². The summed E-state index contributed by atoms with van der Waals surface area (Å²) in [6.45, 7) is 5.44. The summed E-state index contributed by atoms with van der Waals surface area (Å²) in [7, 11) is 0. The molecule has 1 saturated heterocycles. The lowest BCUT2D eigenvalue weighted by Crippen LogP contribution is -2.54. The predicted octanol–water partition coefficient (Wildman–Crippen LogP) is 3.99. The second-order valence-corrected chi connectivity index (χ2v) is 9.33. The molecular formula is C24H34N4O2. The maximum Gasteiger partial charge on any atom is 0.245 e. The van der Waals surface area contributed by atoms with Crippen LogP contribution in [-0.2, 0) is 9.59 Å². The van der Waals surface area contributed by atoms with Crippen LogP contribution in [0.2, 0.25) is 0 Å². The Kier molecular flexibility index (Phi) is 6.40. The summed E-state index contributed by atoms with van der Waals surface area (Å²) < 4.78 is 0. The summed E-state index contributed by atoms with van der Waals surface area (Å²) in [5.74, 6) is 1.41. The summed E-state index contributed by atoms with van der Waals surface area (Å²) in [5, 5.41) is 3.11. The molecule has 30 heavy (non-hydrogen) atoms. The number of fused-ring (bicyclic) bond motifs is 1. The first-order chi connectivity index (χ1) is 14.5. The first-order valence-corrected chi connectivity index (χ1v) is 11.6. The molecule has 2 N–H and O–H groups in total. The lowest BCUT2D eigenvalue weighted by molar-refractivity contribution is -0.140. The zero-order valence-electron chi connectivity index (χ0n) is 18.2. The number of piperidine rings is 1. The minimum Gasteiger partial charge on any atom is -0.344 e. The van der Waals surface area contributed by atoms with E-state index in [4.69, 9.17) is 4.98 Å². The van der Waals surface area contributed by atoms with Crippen LogP contribution >= 0.6 is 0 Å². The molecule has 162 valence electrons. The van der Waals surface area contributed by atoms with Crippen molar-refractivity contribution in [1.29, 1.82) is 0 Å². The number of imidazole rings is 1. The van der Waals surface area contributed by atoms with E-state index in [0.29, 0.717) is 6.54 Å². The molecule has 4 rings (SSSR count). The van der Waals surface area contributed by atoms with Gasteiger partial charge in [-0.2, -0.15) is 0 Å². The number of amides is 2. The fourth-order valence-corrected chi connectivity index (χ4v) is 4.91. The number of carbonyl (C=O) groups is 2. The Morgan fingerprint density at radius 2 is 1.87 bits per heavy atom. The standard InChI is InChI=1S/C24H34N4O2/c1-16(2)21(27-23(29)17-9-4-3-5-10-17)24(30)28-14-8-11-18(15-28)22-25-19-12-6-7-13-20(19)26-22/h6-7,12-13,16-18,21H,3-5,8-11,14-15H2,1-2H3,(H,25,26)(H,27,29)/t18-,21-/m0/s1. The number of hydrogen-bond donors (Lipinski definition) is 2. The molecule has 6 heteroatoms. The molecule has 0 unspecified atom stereocenters. The van der Waals surface area contributed by atoms with Gasteiger partial charge in [-0.1, -0.05) is 45.2 Å². The highest BCUT2D eigenvalue weighted by molar-refractivity contribution is 5.89. The highest BCUT2D eigenvalue weighted by atomic mass is 16.2. The number of aromatic nitrogens is 2. The number of rotatable bonds is 5. The van der Waals surface area contributed by atoms with E-state index in [0.717, 1.165) is 61.9 Å². The molecule has 2 heterocycles. The number of likely N-dealkylation sites (tertiary alicyclic amines) is 1. The first kappa shape index (κ1) is 20.9. The van der Waals surface area contributed by atoms with Gasteiger partial charge < -0.3 is 15.2 Å². The summed E-state index contributed by atoms with van der Waals surface area (Å²) in [6, 6.07) is 7.59. The van der Waals surface area contributed by atoms with Gasteiger partial charge in [-0.05, 0) is 43.7 Å². The van der Waals surface area contributed by atoms with E-state index in [1.165, 1.54) is 6.42 Å². The van der Waals surface area contributed by atoms with E-state index in [2.05, 4.69) is 10.3 Å². The van der Waals surface area contributed by atoms with Crippen molar-refractivity contribution in [3.05, 3.63) is 30.1 Å². The van der Waals surface area contributed by atoms with Gasteiger partial charge in [-0.15, -0.1) is 0 Å². The molecule has 0 bridgehead atoms. The molecule has 2 aliphatic rings. The zero-order chi connectivity index (χ0) is 21.1. The van der Waals surface area contributed by atoms with E-state index >= 15 is 0 Å². The van der Waals surface area contributed by atoms with Gasteiger partial charge in [0.25, 0.3) is 0 Å². The molecule has 2 aromatic rings. The van der Waals surface area contributed by atoms with E-state index in [1.54, 1.807) is 0 Å². The summed E-state index contributed by atoms with van der Waals surface area (Å²) >= 11 is 0. The quantitative estimate of drug-likeness (QED) is 0.782. The van der Waals surface area contributed by atoms with E-state index in [9.17, 15) is 9.59 Å². The smallest absolute Gasteiger partial charge is 0.245 e. The van der Waals surface area contributed by atoms with E-state index in [1.807, 2.05) is 43.0 Å². The third-order valence-electron chi connectivity index (χ3n) is 6.73. The SMILES string of the molecule is CC(C)[C@H](NC(=O)C1CCCCC1)C(=O)N1CCC[C@H](c2nc3ccccc3[nH]2)C1. The molecule has 1 aliphatic carbocycles. The number of nitrogens with zero attached hydrogens (tertiary/aromatic N) is 2. The molecule has 0 spiro atoms. The van der Waals surface area contributed by atoms with Crippen LogP contribution in [0.1, 0.15) is 70.5 Å². The Hall–Kier alpha value is -2.37. The number of H-pyrrole nitrogens is 1. The minimum absolute atomic E-state index is 0.0509. The van der Waals surface area contributed by atoms with Crippen LogP contribution in [0, 0.1) is 11.8 Å². The van der Waals surface area contributed by atoms with Gasteiger partial charge in [-0.25, -0.2) is 4.98 Å². The highest BCUT2D eigenvalue weighted by Crippen LogP contribution is 2.28. The van der Waals surface area contributed by atoms with Crippen molar-refractivity contribution < 1.29 is 9.59 Å². The van der Waals surface area contributed by atoms with Gasteiger partial charge in [0.1, 0.15) is 11.9 Å². The molecule has 2 fully saturated rings. The second-order valence-electron chi connectivity index (χ2n) is 9.33. The maximum atomic E-state index is 13.4. The van der Waals surface area contributed by atoms with Crippen LogP contribution in [0.3, 0.4) is 0 Å². The summed E-state index contributed by atoms with van der Waals surface area (Å²) in [4.78, 5) is 36.3. The van der Waals surface area contributed by atoms with Gasteiger partial charge in [-0.3, -0.25) is 9.59 Å². The lowest BCUT2D eigenvalue weighted by Gasteiger charge is -2.36. The zero-order valence-corrected chi connectivity index (χ0v) is 18.2.